The molecule has 2 heterocycles. The van der Waals surface area contributed by atoms with Gasteiger partial charge in [-0.1, -0.05) is 0 Å². The molecular weight excluding hydrogens is 276 g/mol. The lowest BCUT2D eigenvalue weighted by molar-refractivity contribution is 0.0998. The molecule has 1 fully saturated rings. The molecule has 0 aliphatic carbocycles. The first-order valence-corrected chi connectivity index (χ1v) is 8.65. The summed E-state index contributed by atoms with van der Waals surface area (Å²) in [7, 11) is 0. The second kappa shape index (κ2) is 8.09. The van der Waals surface area contributed by atoms with Crippen molar-refractivity contribution in [2.24, 2.45) is 5.92 Å². The summed E-state index contributed by atoms with van der Waals surface area (Å²) in [6.07, 6.45) is 2.24. The van der Waals surface area contributed by atoms with Crippen LogP contribution in [0, 0.1) is 19.8 Å². The van der Waals surface area contributed by atoms with E-state index in [4.69, 9.17) is 0 Å². The van der Waals surface area contributed by atoms with Crippen LogP contribution in [0.5, 0.6) is 0 Å². The van der Waals surface area contributed by atoms with Crippen LogP contribution < -0.4 is 5.32 Å². The standard InChI is InChI=1S/C17H32N4O/c1-5-21-15(4)17(14(3)19-21)11-18-10-16-6-8-20(9-7-16)12-13(2)22/h13,16,18,22H,5-12H2,1-4H3/t13-/m0/s1. The Bertz CT molecular complexity index is 461. The van der Waals surface area contributed by atoms with Gasteiger partial charge < -0.3 is 15.3 Å². The lowest BCUT2D eigenvalue weighted by Gasteiger charge is -2.32. The zero-order chi connectivity index (χ0) is 16.1. The SMILES string of the molecule is CCn1nc(C)c(CNCC2CCN(C[C@H](C)O)CC2)c1C. The van der Waals surface area contributed by atoms with Crippen molar-refractivity contribution in [2.45, 2.75) is 59.7 Å². The summed E-state index contributed by atoms with van der Waals surface area (Å²) in [6.45, 7) is 14.3. The molecule has 22 heavy (non-hydrogen) atoms. The van der Waals surface area contributed by atoms with Gasteiger partial charge in [-0.05, 0) is 66.1 Å². The van der Waals surface area contributed by atoms with Gasteiger partial charge in [-0.3, -0.25) is 4.68 Å². The Kier molecular flexibility index (Phi) is 6.41. The molecule has 0 bridgehead atoms. The minimum absolute atomic E-state index is 0.212. The highest BCUT2D eigenvalue weighted by atomic mass is 16.3. The largest absolute Gasteiger partial charge is 0.392 e. The molecule has 0 aromatic carbocycles. The number of nitrogens with one attached hydrogen (secondary N) is 1. The number of aliphatic hydroxyl groups is 1. The molecule has 1 aliphatic heterocycles. The minimum Gasteiger partial charge on any atom is -0.392 e. The second-order valence-electron chi connectivity index (χ2n) is 6.69. The minimum atomic E-state index is -0.212. The average molecular weight is 308 g/mol. The van der Waals surface area contributed by atoms with Crippen molar-refractivity contribution < 1.29 is 5.11 Å². The average Bonchev–Trinajstić information content (AvgIpc) is 2.75. The predicted octanol–water partition coefficient (Wildman–Crippen LogP) is 1.70. The molecule has 1 aromatic rings. The van der Waals surface area contributed by atoms with Gasteiger partial charge >= 0.3 is 0 Å². The van der Waals surface area contributed by atoms with Crippen molar-refractivity contribution in [2.75, 3.05) is 26.2 Å². The van der Waals surface area contributed by atoms with Gasteiger partial charge in [-0.15, -0.1) is 0 Å². The van der Waals surface area contributed by atoms with Crippen LogP contribution >= 0.6 is 0 Å². The van der Waals surface area contributed by atoms with E-state index < -0.39 is 0 Å². The number of rotatable bonds is 7. The molecule has 126 valence electrons. The van der Waals surface area contributed by atoms with Gasteiger partial charge in [0, 0.05) is 30.9 Å². The van der Waals surface area contributed by atoms with E-state index in [1.54, 1.807) is 0 Å². The van der Waals surface area contributed by atoms with Crippen LogP contribution in [-0.4, -0.2) is 52.1 Å². The Balaban J connectivity index is 1.73. The zero-order valence-corrected chi connectivity index (χ0v) is 14.6. The Morgan fingerprint density at radius 2 is 2.00 bits per heavy atom. The van der Waals surface area contributed by atoms with Crippen molar-refractivity contribution in [1.82, 2.24) is 20.0 Å². The zero-order valence-electron chi connectivity index (χ0n) is 14.6. The third-order valence-electron chi connectivity index (χ3n) is 4.80. The molecule has 2 rings (SSSR count). The molecule has 1 saturated heterocycles. The number of aliphatic hydroxyl groups excluding tert-OH is 1. The second-order valence-corrected chi connectivity index (χ2v) is 6.69. The van der Waals surface area contributed by atoms with E-state index >= 15 is 0 Å². The summed E-state index contributed by atoms with van der Waals surface area (Å²) < 4.78 is 2.08. The predicted molar refractivity (Wildman–Crippen MR) is 89.9 cm³/mol. The maximum absolute atomic E-state index is 9.45. The van der Waals surface area contributed by atoms with Crippen molar-refractivity contribution in [3.63, 3.8) is 0 Å². The Morgan fingerprint density at radius 3 is 2.55 bits per heavy atom. The number of nitrogens with zero attached hydrogens (tertiary/aromatic N) is 3. The summed E-state index contributed by atoms with van der Waals surface area (Å²) in [6, 6.07) is 0. The summed E-state index contributed by atoms with van der Waals surface area (Å²) in [5.41, 5.74) is 3.80. The molecular formula is C17H32N4O. The fourth-order valence-corrected chi connectivity index (χ4v) is 3.45. The first kappa shape index (κ1) is 17.4. The smallest absolute Gasteiger partial charge is 0.0641 e. The molecule has 0 saturated carbocycles. The molecule has 0 unspecified atom stereocenters. The van der Waals surface area contributed by atoms with E-state index in [1.165, 1.54) is 24.1 Å². The Morgan fingerprint density at radius 1 is 1.32 bits per heavy atom. The molecule has 2 N–H and O–H groups in total. The van der Waals surface area contributed by atoms with E-state index in [1.807, 2.05) is 6.92 Å². The van der Waals surface area contributed by atoms with E-state index in [-0.39, 0.29) is 6.10 Å². The van der Waals surface area contributed by atoms with Gasteiger partial charge in [-0.25, -0.2) is 0 Å². The lowest BCUT2D eigenvalue weighted by Crippen LogP contribution is -2.40. The quantitative estimate of drug-likeness (QED) is 0.805. The number of hydrogen-bond acceptors (Lipinski definition) is 4. The van der Waals surface area contributed by atoms with Crippen molar-refractivity contribution in [3.05, 3.63) is 17.0 Å². The van der Waals surface area contributed by atoms with E-state index in [0.29, 0.717) is 0 Å². The lowest BCUT2D eigenvalue weighted by atomic mass is 9.96. The molecule has 0 spiro atoms. The fraction of sp³-hybridized carbons (Fsp3) is 0.824. The first-order chi connectivity index (χ1) is 10.5. The molecule has 0 amide bonds. The van der Waals surface area contributed by atoms with Crippen LogP contribution in [-0.2, 0) is 13.1 Å². The monoisotopic (exact) mass is 308 g/mol. The number of aromatic nitrogens is 2. The Hall–Kier alpha value is -0.910. The van der Waals surface area contributed by atoms with Gasteiger partial charge in [0.1, 0.15) is 0 Å². The highest BCUT2D eigenvalue weighted by Gasteiger charge is 2.20. The molecule has 0 radical (unpaired) electrons. The summed E-state index contributed by atoms with van der Waals surface area (Å²) in [4.78, 5) is 2.38. The third kappa shape index (κ3) is 4.54. The summed E-state index contributed by atoms with van der Waals surface area (Å²) in [5, 5.41) is 17.7. The van der Waals surface area contributed by atoms with Gasteiger partial charge in [-0.2, -0.15) is 5.10 Å². The van der Waals surface area contributed by atoms with Gasteiger partial charge in [0.2, 0.25) is 0 Å². The van der Waals surface area contributed by atoms with Crippen LogP contribution in [0.25, 0.3) is 0 Å². The van der Waals surface area contributed by atoms with E-state index in [2.05, 4.69) is 40.8 Å². The molecule has 5 nitrogen and oxygen atoms in total. The highest BCUT2D eigenvalue weighted by molar-refractivity contribution is 5.24. The van der Waals surface area contributed by atoms with Gasteiger partial charge in [0.15, 0.2) is 0 Å². The molecule has 1 aliphatic rings. The third-order valence-corrected chi connectivity index (χ3v) is 4.80. The Labute approximate surface area is 134 Å². The van der Waals surface area contributed by atoms with E-state index in [9.17, 15) is 5.11 Å². The first-order valence-electron chi connectivity index (χ1n) is 8.65. The summed E-state index contributed by atoms with van der Waals surface area (Å²) in [5.74, 6) is 0.757. The molecule has 5 heteroatoms. The number of piperidine rings is 1. The maximum atomic E-state index is 9.45. The molecule has 1 atom stereocenters. The van der Waals surface area contributed by atoms with E-state index in [0.717, 1.165) is 50.9 Å². The van der Waals surface area contributed by atoms with Crippen LogP contribution in [0.3, 0.4) is 0 Å². The number of likely N-dealkylation sites (tertiary alicyclic amines) is 1. The van der Waals surface area contributed by atoms with Gasteiger partial charge in [0.25, 0.3) is 0 Å². The van der Waals surface area contributed by atoms with Crippen LogP contribution in [0.1, 0.15) is 43.6 Å². The number of aryl methyl sites for hydroxylation is 2. The van der Waals surface area contributed by atoms with Crippen LogP contribution in [0.15, 0.2) is 0 Å². The molecule has 1 aromatic heterocycles. The van der Waals surface area contributed by atoms with Crippen molar-refractivity contribution >= 4 is 0 Å². The topological polar surface area (TPSA) is 53.3 Å². The summed E-state index contributed by atoms with van der Waals surface area (Å²) >= 11 is 0. The van der Waals surface area contributed by atoms with Gasteiger partial charge in [0.05, 0.1) is 11.8 Å². The highest BCUT2D eigenvalue weighted by Crippen LogP contribution is 2.17. The van der Waals surface area contributed by atoms with Crippen molar-refractivity contribution in [3.8, 4) is 0 Å². The normalized spacial score (nSPS) is 18.8. The number of β-amino-alcohol motifs (C(OH)–C–C–N with tert-alkyl or cyclic N) is 1. The number of hydrogen-bond donors (Lipinski definition) is 2. The van der Waals surface area contributed by atoms with Crippen LogP contribution in [0.2, 0.25) is 0 Å². The fourth-order valence-electron chi connectivity index (χ4n) is 3.45. The maximum Gasteiger partial charge on any atom is 0.0641 e. The van der Waals surface area contributed by atoms with Crippen LogP contribution in [0.4, 0.5) is 0 Å². The van der Waals surface area contributed by atoms with Crippen molar-refractivity contribution in [1.29, 1.82) is 0 Å².